The summed E-state index contributed by atoms with van der Waals surface area (Å²) in [6.45, 7) is 1.09. The lowest BCUT2D eigenvalue weighted by Crippen LogP contribution is -2.40. The van der Waals surface area contributed by atoms with Crippen molar-refractivity contribution >= 4 is 16.8 Å². The van der Waals surface area contributed by atoms with Crippen molar-refractivity contribution in [2.24, 2.45) is 7.05 Å². The molecule has 1 atom stereocenters. The van der Waals surface area contributed by atoms with Gasteiger partial charge in [0, 0.05) is 31.2 Å². The summed E-state index contributed by atoms with van der Waals surface area (Å²) in [5.41, 5.74) is 1.26. The number of carbonyl (C=O) groups excluding carboxylic acids is 1. The highest BCUT2D eigenvalue weighted by Gasteiger charge is 2.32. The van der Waals surface area contributed by atoms with Gasteiger partial charge in [-0.15, -0.1) is 0 Å². The third-order valence-electron chi connectivity index (χ3n) is 4.77. The lowest BCUT2D eigenvalue weighted by atomic mass is 10.1. The number of rotatable bonds is 3. The number of nitrogens with zero attached hydrogens (tertiary/aromatic N) is 5. The molecule has 0 spiro atoms. The van der Waals surface area contributed by atoms with Gasteiger partial charge in [0.2, 0.25) is 0 Å². The molecule has 1 amide bonds. The predicted molar refractivity (Wildman–Crippen MR) is 93.3 cm³/mol. The van der Waals surface area contributed by atoms with Crippen molar-refractivity contribution < 1.29 is 4.79 Å². The fourth-order valence-electron chi connectivity index (χ4n) is 3.52. The van der Waals surface area contributed by atoms with Gasteiger partial charge in [0.05, 0.1) is 18.1 Å². The zero-order chi connectivity index (χ0) is 17.4. The summed E-state index contributed by atoms with van der Waals surface area (Å²) in [7, 11) is 1.84. The second kappa shape index (κ2) is 6.16. The number of amides is 1. The molecule has 1 aromatic carbocycles. The Balaban J connectivity index is 1.64. The fourth-order valence-corrected chi connectivity index (χ4v) is 3.52. The largest absolute Gasteiger partial charge is 0.332 e. The fraction of sp³-hybridized carbons (Fsp3) is 0.333. The van der Waals surface area contributed by atoms with E-state index in [-0.39, 0.29) is 17.5 Å². The van der Waals surface area contributed by atoms with Crippen LogP contribution in [0.5, 0.6) is 0 Å². The van der Waals surface area contributed by atoms with Gasteiger partial charge in [0.1, 0.15) is 0 Å². The van der Waals surface area contributed by atoms with E-state index < -0.39 is 0 Å². The maximum absolute atomic E-state index is 13.1. The van der Waals surface area contributed by atoms with Crippen LogP contribution in [-0.4, -0.2) is 43.0 Å². The molecular weight excluding hydrogens is 318 g/mol. The number of aryl methyl sites for hydroxylation is 1. The zero-order valence-electron chi connectivity index (χ0n) is 14.0. The number of likely N-dealkylation sites (tertiary alicyclic amines) is 1. The quantitative estimate of drug-likeness (QED) is 0.725. The summed E-state index contributed by atoms with van der Waals surface area (Å²) in [6.07, 6.45) is 3.37. The van der Waals surface area contributed by atoms with Gasteiger partial charge in [0.25, 0.3) is 11.5 Å². The summed E-state index contributed by atoms with van der Waals surface area (Å²) in [4.78, 5) is 26.8. The number of aromatic nitrogens is 4. The number of para-hydroxylation sites is 1. The molecule has 0 aliphatic carbocycles. The van der Waals surface area contributed by atoms with Crippen molar-refractivity contribution in [2.45, 2.75) is 25.4 Å². The molecule has 3 aromatic rings. The van der Waals surface area contributed by atoms with Gasteiger partial charge in [-0.25, -0.2) is 4.68 Å². The molecular formula is C18H19N5O2. The minimum absolute atomic E-state index is 0.0409. The number of fused-ring (bicyclic) bond motifs is 1. The van der Waals surface area contributed by atoms with E-state index in [0.29, 0.717) is 18.8 Å². The molecule has 1 aliphatic rings. The van der Waals surface area contributed by atoms with Crippen LogP contribution < -0.4 is 5.56 Å². The second-order valence-electron chi connectivity index (χ2n) is 6.33. The molecule has 1 aliphatic heterocycles. The summed E-state index contributed by atoms with van der Waals surface area (Å²) in [5, 5.41) is 9.40. The third kappa shape index (κ3) is 2.71. The molecule has 0 bridgehead atoms. The molecule has 7 nitrogen and oxygen atoms in total. The van der Waals surface area contributed by atoms with E-state index in [2.05, 4.69) is 10.2 Å². The Labute approximate surface area is 144 Å². The lowest BCUT2D eigenvalue weighted by Gasteiger charge is -2.24. The Morgan fingerprint density at radius 2 is 2.08 bits per heavy atom. The molecule has 0 radical (unpaired) electrons. The minimum atomic E-state index is -0.148. The highest BCUT2D eigenvalue weighted by Crippen LogP contribution is 2.24. The van der Waals surface area contributed by atoms with E-state index in [1.165, 1.54) is 10.7 Å². The lowest BCUT2D eigenvalue weighted by molar-refractivity contribution is 0.0715. The van der Waals surface area contributed by atoms with Gasteiger partial charge in [-0.2, -0.15) is 10.2 Å². The van der Waals surface area contributed by atoms with Gasteiger partial charge >= 0.3 is 0 Å². The van der Waals surface area contributed by atoms with E-state index in [1.54, 1.807) is 16.9 Å². The first-order valence-electron chi connectivity index (χ1n) is 8.40. The minimum Gasteiger partial charge on any atom is -0.332 e. The molecule has 7 heteroatoms. The highest BCUT2D eigenvalue weighted by atomic mass is 16.2. The Morgan fingerprint density at radius 3 is 2.92 bits per heavy atom. The number of hydrogen-bond acceptors (Lipinski definition) is 4. The van der Waals surface area contributed by atoms with E-state index in [4.69, 9.17) is 0 Å². The molecule has 1 fully saturated rings. The van der Waals surface area contributed by atoms with Crippen LogP contribution in [0.25, 0.3) is 10.9 Å². The van der Waals surface area contributed by atoms with Crippen molar-refractivity contribution in [3.05, 3.63) is 58.6 Å². The van der Waals surface area contributed by atoms with E-state index in [9.17, 15) is 9.59 Å². The monoisotopic (exact) mass is 337 g/mol. The van der Waals surface area contributed by atoms with Crippen LogP contribution in [0.3, 0.4) is 0 Å². The van der Waals surface area contributed by atoms with Gasteiger partial charge in [-0.1, -0.05) is 18.2 Å². The van der Waals surface area contributed by atoms with Gasteiger partial charge in [-0.3, -0.25) is 14.3 Å². The molecule has 128 valence electrons. The molecule has 3 heterocycles. The molecule has 1 saturated heterocycles. The normalized spacial score (nSPS) is 17.3. The topological polar surface area (TPSA) is 73.0 Å². The number of carbonyl (C=O) groups is 1. The van der Waals surface area contributed by atoms with Crippen LogP contribution >= 0.6 is 0 Å². The van der Waals surface area contributed by atoms with Crippen LogP contribution in [0.2, 0.25) is 0 Å². The maximum atomic E-state index is 13.1. The van der Waals surface area contributed by atoms with Gasteiger partial charge in [-0.05, 0) is 25.0 Å². The van der Waals surface area contributed by atoms with Crippen LogP contribution in [0, 0.1) is 0 Å². The molecule has 0 saturated carbocycles. The second-order valence-corrected chi connectivity index (χ2v) is 6.33. The van der Waals surface area contributed by atoms with Gasteiger partial charge in [0.15, 0.2) is 5.69 Å². The van der Waals surface area contributed by atoms with Crippen molar-refractivity contribution in [3.8, 4) is 0 Å². The van der Waals surface area contributed by atoms with Crippen LogP contribution in [0.15, 0.2) is 47.4 Å². The first kappa shape index (κ1) is 15.6. The zero-order valence-corrected chi connectivity index (χ0v) is 14.0. The van der Waals surface area contributed by atoms with E-state index in [0.717, 1.165) is 23.7 Å². The average molecular weight is 337 g/mol. The molecule has 4 rings (SSSR count). The van der Waals surface area contributed by atoms with Crippen LogP contribution in [-0.2, 0) is 13.6 Å². The third-order valence-corrected chi connectivity index (χ3v) is 4.77. The first-order valence-corrected chi connectivity index (χ1v) is 8.40. The average Bonchev–Trinajstić information content (AvgIpc) is 3.22. The Bertz CT molecular complexity index is 990. The number of hydrogen-bond donors (Lipinski definition) is 0. The van der Waals surface area contributed by atoms with Crippen molar-refractivity contribution in [1.29, 1.82) is 0 Å². The molecule has 0 N–H and O–H groups in total. The number of benzene rings is 1. The van der Waals surface area contributed by atoms with Crippen molar-refractivity contribution in [2.75, 3.05) is 6.54 Å². The Morgan fingerprint density at radius 1 is 1.24 bits per heavy atom. The van der Waals surface area contributed by atoms with Crippen molar-refractivity contribution in [3.63, 3.8) is 0 Å². The maximum Gasteiger partial charge on any atom is 0.275 e. The Kier molecular flexibility index (Phi) is 3.83. The van der Waals surface area contributed by atoms with Crippen LogP contribution in [0.1, 0.15) is 23.3 Å². The smallest absolute Gasteiger partial charge is 0.275 e. The van der Waals surface area contributed by atoms with Gasteiger partial charge < -0.3 is 4.90 Å². The Hall–Kier alpha value is -2.96. The predicted octanol–water partition coefficient (Wildman–Crippen LogP) is 1.43. The van der Waals surface area contributed by atoms with Crippen LogP contribution in [0.4, 0.5) is 0 Å². The van der Waals surface area contributed by atoms with E-state index >= 15 is 0 Å². The SMILES string of the molecule is Cn1nc(C(=O)N2CCCC2Cn2ncccc2=O)c2ccccc21. The molecule has 1 unspecified atom stereocenters. The first-order chi connectivity index (χ1) is 12.1. The van der Waals surface area contributed by atoms with E-state index in [1.807, 2.05) is 36.2 Å². The standard InChI is InChI=1S/C18H19N5O2/c1-21-15-8-3-2-7-14(15)17(20-21)18(25)22-11-5-6-13(22)12-23-16(24)9-4-10-19-23/h2-4,7-10,13H,5-6,11-12H2,1H3. The molecule has 25 heavy (non-hydrogen) atoms. The van der Waals surface area contributed by atoms with Crippen molar-refractivity contribution in [1.82, 2.24) is 24.5 Å². The summed E-state index contributed by atoms with van der Waals surface area (Å²) >= 11 is 0. The molecule has 2 aromatic heterocycles. The summed E-state index contributed by atoms with van der Waals surface area (Å²) < 4.78 is 3.16. The summed E-state index contributed by atoms with van der Waals surface area (Å²) in [5.74, 6) is -0.0803. The summed E-state index contributed by atoms with van der Waals surface area (Å²) in [6, 6.07) is 10.8. The highest BCUT2D eigenvalue weighted by molar-refractivity contribution is 6.05.